The number of aromatic nitrogens is 2. The zero-order chi connectivity index (χ0) is 14.5. The number of methoxy groups -OCH3 is 1. The van der Waals surface area contributed by atoms with Crippen LogP contribution in [0.4, 0.5) is 16.3 Å². The first-order chi connectivity index (χ1) is 9.60. The van der Waals surface area contributed by atoms with Crippen molar-refractivity contribution in [1.29, 1.82) is 0 Å². The fourth-order valence-electron chi connectivity index (χ4n) is 1.44. The molecule has 0 aliphatic rings. The van der Waals surface area contributed by atoms with Gasteiger partial charge in [-0.2, -0.15) is 0 Å². The maximum absolute atomic E-state index is 12.1. The van der Waals surface area contributed by atoms with Crippen molar-refractivity contribution in [3.63, 3.8) is 0 Å². The number of nitrogens with zero attached hydrogens (tertiary/aromatic N) is 1. The van der Waals surface area contributed by atoms with Crippen molar-refractivity contribution < 1.29 is 14.3 Å². The van der Waals surface area contributed by atoms with Crippen molar-refractivity contribution in [3.05, 3.63) is 40.8 Å². The molecule has 104 valence electrons. The van der Waals surface area contributed by atoms with E-state index in [0.717, 1.165) is 4.47 Å². The highest BCUT2D eigenvalue weighted by Crippen LogP contribution is 2.16. The molecule has 0 unspecified atom stereocenters. The van der Waals surface area contributed by atoms with Crippen LogP contribution in [0.15, 0.2) is 35.1 Å². The van der Waals surface area contributed by atoms with Crippen LogP contribution in [-0.4, -0.2) is 29.1 Å². The molecule has 7 nitrogen and oxygen atoms in total. The van der Waals surface area contributed by atoms with E-state index >= 15 is 0 Å². The second-order valence-corrected chi connectivity index (χ2v) is 4.62. The van der Waals surface area contributed by atoms with Gasteiger partial charge in [-0.3, -0.25) is 10.1 Å². The molecule has 0 aliphatic carbocycles. The third kappa shape index (κ3) is 3.35. The van der Waals surface area contributed by atoms with Gasteiger partial charge in [0, 0.05) is 10.2 Å². The van der Waals surface area contributed by atoms with Crippen LogP contribution in [0.3, 0.4) is 0 Å². The summed E-state index contributed by atoms with van der Waals surface area (Å²) < 4.78 is 5.36. The molecular weight excluding hydrogens is 328 g/mol. The Hall–Kier alpha value is -2.35. The lowest BCUT2D eigenvalue weighted by Crippen LogP contribution is -2.18. The molecule has 0 fully saturated rings. The van der Waals surface area contributed by atoms with E-state index in [1.165, 1.54) is 13.4 Å². The van der Waals surface area contributed by atoms with Crippen LogP contribution < -0.4 is 10.6 Å². The van der Waals surface area contributed by atoms with Gasteiger partial charge in [0.1, 0.15) is 5.69 Å². The van der Waals surface area contributed by atoms with Gasteiger partial charge in [0.05, 0.1) is 13.4 Å². The first-order valence-electron chi connectivity index (χ1n) is 5.55. The van der Waals surface area contributed by atoms with Gasteiger partial charge in [-0.25, -0.2) is 9.78 Å². The average Bonchev–Trinajstić information content (AvgIpc) is 2.89. The Bertz CT molecular complexity index is 624. The summed E-state index contributed by atoms with van der Waals surface area (Å²) >= 11 is 3.31. The Labute approximate surface area is 122 Å². The summed E-state index contributed by atoms with van der Waals surface area (Å²) in [6, 6.07) is 7.09. The van der Waals surface area contributed by atoms with E-state index in [-0.39, 0.29) is 11.5 Å². The molecular formula is C12H11BrN4O3. The topological polar surface area (TPSA) is 96.1 Å². The Kier molecular flexibility index (Phi) is 4.36. The fourth-order valence-corrected chi connectivity index (χ4v) is 1.70. The van der Waals surface area contributed by atoms with Crippen molar-refractivity contribution >= 4 is 39.4 Å². The number of benzene rings is 1. The Balaban J connectivity index is 2.11. The quantitative estimate of drug-likeness (QED) is 0.801. The van der Waals surface area contributed by atoms with E-state index in [4.69, 9.17) is 0 Å². The average molecular weight is 339 g/mol. The fraction of sp³-hybridized carbons (Fsp3) is 0.0833. The lowest BCUT2D eigenvalue weighted by atomic mass is 10.3. The summed E-state index contributed by atoms with van der Waals surface area (Å²) in [6.45, 7) is 0. The van der Waals surface area contributed by atoms with Crippen LogP contribution in [0.2, 0.25) is 0 Å². The predicted octanol–water partition coefficient (Wildman–Crippen LogP) is 2.60. The number of amides is 2. The molecule has 0 bridgehead atoms. The van der Waals surface area contributed by atoms with Crippen molar-refractivity contribution in [3.8, 4) is 0 Å². The molecule has 0 spiro atoms. The smallest absolute Gasteiger partial charge is 0.412 e. The Morgan fingerprint density at radius 1 is 1.25 bits per heavy atom. The summed E-state index contributed by atoms with van der Waals surface area (Å²) in [4.78, 5) is 29.7. The standard InChI is InChI=1S/C12H11BrN4O3/c1-20-12(19)17-10-9(14-6-15-10)11(18)16-8-4-2-7(13)3-5-8/h2-6H,1H3,(H,14,15)(H,16,18)(H,17,19). The number of ether oxygens (including phenoxy) is 1. The van der Waals surface area contributed by atoms with Gasteiger partial charge in [-0.15, -0.1) is 0 Å². The molecule has 0 radical (unpaired) electrons. The number of hydrogen-bond donors (Lipinski definition) is 3. The summed E-state index contributed by atoms with van der Waals surface area (Å²) in [5, 5.41) is 5.02. The van der Waals surface area contributed by atoms with Crippen molar-refractivity contribution in [2.45, 2.75) is 0 Å². The number of hydrogen-bond acceptors (Lipinski definition) is 4. The molecule has 2 aromatic rings. The van der Waals surface area contributed by atoms with Gasteiger partial charge < -0.3 is 15.0 Å². The molecule has 1 aromatic carbocycles. The van der Waals surface area contributed by atoms with Gasteiger partial charge in [-0.1, -0.05) is 15.9 Å². The molecule has 0 atom stereocenters. The van der Waals surface area contributed by atoms with Crippen LogP contribution in [0, 0.1) is 0 Å². The monoisotopic (exact) mass is 338 g/mol. The molecule has 2 amide bonds. The molecule has 0 aliphatic heterocycles. The largest absolute Gasteiger partial charge is 0.453 e. The number of carbonyl (C=O) groups excluding carboxylic acids is 2. The number of anilines is 2. The first kappa shape index (κ1) is 14.1. The highest BCUT2D eigenvalue weighted by molar-refractivity contribution is 9.10. The number of H-pyrrole nitrogens is 1. The molecule has 8 heteroatoms. The van der Waals surface area contributed by atoms with Crippen molar-refractivity contribution in [2.24, 2.45) is 0 Å². The van der Waals surface area contributed by atoms with E-state index in [2.05, 4.69) is 41.3 Å². The second kappa shape index (κ2) is 6.20. The number of rotatable bonds is 3. The molecule has 1 aromatic heterocycles. The lowest BCUT2D eigenvalue weighted by Gasteiger charge is -2.06. The van der Waals surface area contributed by atoms with E-state index in [9.17, 15) is 9.59 Å². The number of carbonyl (C=O) groups is 2. The summed E-state index contributed by atoms with van der Waals surface area (Å²) in [5.74, 6) is -0.317. The Morgan fingerprint density at radius 2 is 1.95 bits per heavy atom. The van der Waals surface area contributed by atoms with E-state index in [0.29, 0.717) is 5.69 Å². The number of halogens is 1. The van der Waals surface area contributed by atoms with Crippen LogP contribution in [-0.2, 0) is 4.74 Å². The van der Waals surface area contributed by atoms with Crippen LogP contribution >= 0.6 is 15.9 Å². The van der Waals surface area contributed by atoms with E-state index < -0.39 is 12.0 Å². The van der Waals surface area contributed by atoms with E-state index in [1.807, 2.05) is 0 Å². The molecule has 1 heterocycles. The van der Waals surface area contributed by atoms with Gasteiger partial charge in [0.25, 0.3) is 5.91 Å². The summed E-state index contributed by atoms with van der Waals surface area (Å²) in [5.41, 5.74) is 0.759. The van der Waals surface area contributed by atoms with Crippen molar-refractivity contribution in [2.75, 3.05) is 17.7 Å². The minimum Gasteiger partial charge on any atom is -0.453 e. The zero-order valence-electron chi connectivity index (χ0n) is 10.4. The maximum Gasteiger partial charge on any atom is 0.412 e. The molecule has 0 saturated heterocycles. The van der Waals surface area contributed by atoms with Gasteiger partial charge in [0.15, 0.2) is 5.82 Å². The predicted molar refractivity (Wildman–Crippen MR) is 76.7 cm³/mol. The molecule has 3 N–H and O–H groups in total. The summed E-state index contributed by atoms with van der Waals surface area (Å²) in [6.07, 6.45) is 0.608. The highest BCUT2D eigenvalue weighted by Gasteiger charge is 2.16. The zero-order valence-corrected chi connectivity index (χ0v) is 12.0. The normalized spacial score (nSPS) is 9.90. The minimum atomic E-state index is -0.699. The first-order valence-corrected chi connectivity index (χ1v) is 6.34. The van der Waals surface area contributed by atoms with E-state index in [1.54, 1.807) is 24.3 Å². The number of nitrogens with one attached hydrogen (secondary N) is 3. The number of imidazole rings is 1. The molecule has 0 saturated carbocycles. The SMILES string of the molecule is COC(=O)Nc1nc[nH]c1C(=O)Nc1ccc(Br)cc1. The van der Waals surface area contributed by atoms with Crippen LogP contribution in [0.5, 0.6) is 0 Å². The molecule has 2 rings (SSSR count). The highest BCUT2D eigenvalue weighted by atomic mass is 79.9. The lowest BCUT2D eigenvalue weighted by molar-refractivity contribution is 0.102. The van der Waals surface area contributed by atoms with Gasteiger partial charge in [-0.05, 0) is 24.3 Å². The second-order valence-electron chi connectivity index (χ2n) is 3.70. The number of aromatic amines is 1. The van der Waals surface area contributed by atoms with Gasteiger partial charge >= 0.3 is 6.09 Å². The van der Waals surface area contributed by atoms with Crippen molar-refractivity contribution in [1.82, 2.24) is 9.97 Å². The van der Waals surface area contributed by atoms with Crippen LogP contribution in [0.25, 0.3) is 0 Å². The third-order valence-corrected chi connectivity index (χ3v) is 2.90. The van der Waals surface area contributed by atoms with Crippen LogP contribution in [0.1, 0.15) is 10.5 Å². The minimum absolute atomic E-state index is 0.103. The Morgan fingerprint density at radius 3 is 2.60 bits per heavy atom. The summed E-state index contributed by atoms with van der Waals surface area (Å²) in [7, 11) is 1.23. The van der Waals surface area contributed by atoms with Gasteiger partial charge in [0.2, 0.25) is 0 Å². The third-order valence-electron chi connectivity index (χ3n) is 2.37. The maximum atomic E-state index is 12.1. The molecule has 20 heavy (non-hydrogen) atoms.